The quantitative estimate of drug-likeness (QED) is 0.572. The second kappa shape index (κ2) is 5.69. The summed E-state index contributed by atoms with van der Waals surface area (Å²) in [7, 11) is 4.11. The lowest BCUT2D eigenvalue weighted by Crippen LogP contribution is -2.15. The number of pyridine rings is 1. The standard InChI is InChI=1S/C18H17ClN4O/c1-22(2)8-3-9-23-14-5-4-13(19)15-16(14)17(21-23)11-6-7-20-10-12(11)18(15)24/h4-7,10H,3,8-9H2,1-2H3. The van der Waals surface area contributed by atoms with Crippen molar-refractivity contribution in [2.75, 3.05) is 20.6 Å². The highest BCUT2D eigenvalue weighted by molar-refractivity contribution is 6.39. The SMILES string of the molecule is CN(C)CCCn1nc2c3c(c(Cl)ccc31)C(=O)c1cnccc1-2. The summed E-state index contributed by atoms with van der Waals surface area (Å²) in [6.07, 6.45) is 4.28. The molecule has 0 spiro atoms. The van der Waals surface area contributed by atoms with Gasteiger partial charge in [-0.1, -0.05) is 11.6 Å². The van der Waals surface area contributed by atoms with Gasteiger partial charge in [-0.15, -0.1) is 0 Å². The Morgan fingerprint density at radius 2 is 2.04 bits per heavy atom. The van der Waals surface area contributed by atoms with Gasteiger partial charge in [0.15, 0.2) is 5.78 Å². The molecule has 1 aromatic carbocycles. The molecule has 0 N–H and O–H groups in total. The number of fused-ring (bicyclic) bond motifs is 2. The van der Waals surface area contributed by atoms with Crippen LogP contribution >= 0.6 is 11.6 Å². The molecule has 0 aliphatic heterocycles. The smallest absolute Gasteiger partial charge is 0.197 e. The number of carbonyl (C=O) groups is 1. The third-order valence-electron chi connectivity index (χ3n) is 4.39. The van der Waals surface area contributed by atoms with Crippen LogP contribution < -0.4 is 0 Å². The van der Waals surface area contributed by atoms with E-state index in [0.29, 0.717) is 16.1 Å². The van der Waals surface area contributed by atoms with Gasteiger partial charge < -0.3 is 4.90 Å². The Hall–Kier alpha value is -2.24. The van der Waals surface area contributed by atoms with Crippen LogP contribution in [0.4, 0.5) is 0 Å². The molecule has 1 aliphatic carbocycles. The first-order valence-electron chi connectivity index (χ1n) is 7.90. The first kappa shape index (κ1) is 15.3. The summed E-state index contributed by atoms with van der Waals surface area (Å²) in [4.78, 5) is 19.1. The molecule has 0 radical (unpaired) electrons. The van der Waals surface area contributed by atoms with Crippen molar-refractivity contribution in [1.82, 2.24) is 19.7 Å². The van der Waals surface area contributed by atoms with Gasteiger partial charge in [-0.2, -0.15) is 5.10 Å². The minimum absolute atomic E-state index is 0.0750. The highest BCUT2D eigenvalue weighted by atomic mass is 35.5. The molecule has 5 nitrogen and oxygen atoms in total. The normalized spacial score (nSPS) is 12.9. The number of rotatable bonds is 4. The molecule has 0 saturated heterocycles. The van der Waals surface area contributed by atoms with E-state index in [1.165, 1.54) is 0 Å². The number of benzene rings is 1. The molecule has 122 valence electrons. The Bertz CT molecular complexity index is 961. The lowest BCUT2D eigenvalue weighted by molar-refractivity contribution is 0.104. The zero-order chi connectivity index (χ0) is 16.8. The van der Waals surface area contributed by atoms with Crippen molar-refractivity contribution in [3.8, 4) is 11.3 Å². The number of aryl methyl sites for hydroxylation is 1. The second-order valence-corrected chi connectivity index (χ2v) is 6.70. The van der Waals surface area contributed by atoms with Gasteiger partial charge in [-0.25, -0.2) is 0 Å². The van der Waals surface area contributed by atoms with Gasteiger partial charge in [-0.3, -0.25) is 14.5 Å². The van der Waals surface area contributed by atoms with Crippen LogP contribution in [0.25, 0.3) is 22.2 Å². The molecule has 24 heavy (non-hydrogen) atoms. The van der Waals surface area contributed by atoms with Crippen LogP contribution in [0.5, 0.6) is 0 Å². The number of nitrogens with zero attached hydrogens (tertiary/aromatic N) is 4. The Morgan fingerprint density at radius 3 is 2.83 bits per heavy atom. The number of halogens is 1. The van der Waals surface area contributed by atoms with Gasteiger partial charge in [0.25, 0.3) is 0 Å². The first-order valence-corrected chi connectivity index (χ1v) is 8.28. The monoisotopic (exact) mass is 340 g/mol. The van der Waals surface area contributed by atoms with E-state index < -0.39 is 0 Å². The maximum Gasteiger partial charge on any atom is 0.197 e. The van der Waals surface area contributed by atoms with Crippen LogP contribution in [0.2, 0.25) is 5.02 Å². The van der Waals surface area contributed by atoms with E-state index in [2.05, 4.69) is 24.0 Å². The van der Waals surface area contributed by atoms with Crippen molar-refractivity contribution >= 4 is 28.3 Å². The topological polar surface area (TPSA) is 51.0 Å². The molecule has 3 aromatic rings. The molecule has 4 rings (SSSR count). The Kier molecular flexibility index (Phi) is 3.62. The number of carbonyl (C=O) groups excluding carboxylic acids is 1. The Balaban J connectivity index is 1.92. The van der Waals surface area contributed by atoms with E-state index in [4.69, 9.17) is 16.7 Å². The molecule has 0 fully saturated rings. The third-order valence-corrected chi connectivity index (χ3v) is 4.71. The van der Waals surface area contributed by atoms with Gasteiger partial charge in [-0.05, 0) is 45.3 Å². The Morgan fingerprint density at radius 1 is 1.21 bits per heavy atom. The van der Waals surface area contributed by atoms with E-state index in [1.54, 1.807) is 18.5 Å². The minimum atomic E-state index is -0.0750. The molecule has 0 amide bonds. The van der Waals surface area contributed by atoms with Crippen molar-refractivity contribution in [3.63, 3.8) is 0 Å². The van der Waals surface area contributed by atoms with Crippen molar-refractivity contribution in [1.29, 1.82) is 0 Å². The van der Waals surface area contributed by atoms with Crippen LogP contribution in [0, 0.1) is 0 Å². The molecule has 2 heterocycles. The van der Waals surface area contributed by atoms with E-state index >= 15 is 0 Å². The Labute approximate surface area is 144 Å². The maximum absolute atomic E-state index is 12.9. The van der Waals surface area contributed by atoms with Crippen LogP contribution in [0.15, 0.2) is 30.6 Å². The molecule has 6 heteroatoms. The average molecular weight is 341 g/mol. The fraction of sp³-hybridized carbons (Fsp3) is 0.278. The predicted molar refractivity (Wildman–Crippen MR) is 94.6 cm³/mol. The minimum Gasteiger partial charge on any atom is -0.309 e. The van der Waals surface area contributed by atoms with Gasteiger partial charge in [0.2, 0.25) is 0 Å². The summed E-state index contributed by atoms with van der Waals surface area (Å²) in [6, 6.07) is 5.59. The fourth-order valence-electron chi connectivity index (χ4n) is 3.28. The summed E-state index contributed by atoms with van der Waals surface area (Å²) >= 11 is 6.34. The maximum atomic E-state index is 12.9. The largest absolute Gasteiger partial charge is 0.309 e. The number of hydrogen-bond donors (Lipinski definition) is 0. The van der Waals surface area contributed by atoms with E-state index in [9.17, 15) is 4.79 Å². The second-order valence-electron chi connectivity index (χ2n) is 6.30. The molecule has 1 aliphatic rings. The van der Waals surface area contributed by atoms with Crippen LogP contribution in [0.1, 0.15) is 22.3 Å². The molecule has 0 atom stereocenters. The molecular weight excluding hydrogens is 324 g/mol. The fourth-order valence-corrected chi connectivity index (χ4v) is 3.52. The van der Waals surface area contributed by atoms with E-state index in [0.717, 1.165) is 41.7 Å². The van der Waals surface area contributed by atoms with E-state index in [1.807, 2.05) is 16.8 Å². The number of hydrogen-bond acceptors (Lipinski definition) is 4. The van der Waals surface area contributed by atoms with Crippen molar-refractivity contribution in [3.05, 3.63) is 46.7 Å². The number of ketones is 1. The van der Waals surface area contributed by atoms with Crippen molar-refractivity contribution in [2.45, 2.75) is 13.0 Å². The zero-order valence-corrected chi connectivity index (χ0v) is 14.3. The lowest BCUT2D eigenvalue weighted by atomic mass is 9.88. The first-order chi connectivity index (χ1) is 11.6. The van der Waals surface area contributed by atoms with Gasteiger partial charge in [0, 0.05) is 29.9 Å². The summed E-state index contributed by atoms with van der Waals surface area (Å²) in [5.74, 6) is -0.0750. The average Bonchev–Trinajstić information content (AvgIpc) is 2.92. The molecular formula is C18H17ClN4O. The zero-order valence-electron chi connectivity index (χ0n) is 13.6. The van der Waals surface area contributed by atoms with Crippen LogP contribution in [-0.4, -0.2) is 46.1 Å². The molecule has 0 saturated carbocycles. The molecule has 2 aromatic heterocycles. The van der Waals surface area contributed by atoms with Crippen LogP contribution in [-0.2, 0) is 6.54 Å². The highest BCUT2D eigenvalue weighted by Crippen LogP contribution is 2.41. The predicted octanol–water partition coefficient (Wildman–Crippen LogP) is 3.25. The summed E-state index contributed by atoms with van der Waals surface area (Å²) in [5.41, 5.74) is 3.73. The van der Waals surface area contributed by atoms with E-state index in [-0.39, 0.29) is 5.78 Å². The van der Waals surface area contributed by atoms with Gasteiger partial charge in [0.05, 0.1) is 21.7 Å². The summed E-state index contributed by atoms with van der Waals surface area (Å²) < 4.78 is 1.98. The number of aromatic nitrogens is 3. The molecule has 0 bridgehead atoms. The van der Waals surface area contributed by atoms with Gasteiger partial charge >= 0.3 is 0 Å². The van der Waals surface area contributed by atoms with Crippen molar-refractivity contribution < 1.29 is 4.79 Å². The van der Waals surface area contributed by atoms with Crippen LogP contribution in [0.3, 0.4) is 0 Å². The summed E-state index contributed by atoms with van der Waals surface area (Å²) in [5, 5.41) is 6.12. The molecule has 0 unspecified atom stereocenters. The lowest BCUT2D eigenvalue weighted by Gasteiger charge is -2.14. The summed E-state index contributed by atoms with van der Waals surface area (Å²) in [6.45, 7) is 1.78. The third kappa shape index (κ3) is 2.24. The highest BCUT2D eigenvalue weighted by Gasteiger charge is 2.30. The van der Waals surface area contributed by atoms with Crippen molar-refractivity contribution in [2.24, 2.45) is 0 Å². The van der Waals surface area contributed by atoms with Gasteiger partial charge in [0.1, 0.15) is 5.69 Å².